The van der Waals surface area contributed by atoms with Crippen LogP contribution in [0.15, 0.2) is 33.9 Å². The minimum atomic E-state index is 0.175. The predicted octanol–water partition coefficient (Wildman–Crippen LogP) is 3.58. The van der Waals surface area contributed by atoms with Crippen LogP contribution in [-0.4, -0.2) is 44.8 Å². The highest BCUT2D eigenvalue weighted by atomic mass is 79.9. The van der Waals surface area contributed by atoms with Crippen LogP contribution in [0.25, 0.3) is 11.4 Å². The lowest BCUT2D eigenvalue weighted by Crippen LogP contribution is -2.38. The van der Waals surface area contributed by atoms with Crippen molar-refractivity contribution in [1.82, 2.24) is 20.1 Å². The number of rotatable bonds is 4. The molecule has 0 atom stereocenters. The fraction of sp³-hybridized carbons (Fsp3) is 0.438. The Kier molecular flexibility index (Phi) is 5.38. The molecule has 0 aliphatic carbocycles. The Labute approximate surface area is 148 Å². The summed E-state index contributed by atoms with van der Waals surface area (Å²) in [5.41, 5.74) is 0.961. The highest BCUT2D eigenvalue weighted by Crippen LogP contribution is 2.26. The summed E-state index contributed by atoms with van der Waals surface area (Å²) in [6, 6.07) is 7.85. The summed E-state index contributed by atoms with van der Waals surface area (Å²) in [5.74, 6) is 2.00. The van der Waals surface area contributed by atoms with Crippen LogP contribution < -0.4 is 0 Å². The van der Waals surface area contributed by atoms with Gasteiger partial charge in [-0.3, -0.25) is 9.89 Å². The summed E-state index contributed by atoms with van der Waals surface area (Å²) >= 11 is 4.89. The number of hydrogen-bond donors (Lipinski definition) is 1. The summed E-state index contributed by atoms with van der Waals surface area (Å²) in [7, 11) is 0. The molecule has 1 fully saturated rings. The number of amides is 1. The quantitative estimate of drug-likeness (QED) is 0.804. The number of nitrogens with zero attached hydrogens (tertiary/aromatic N) is 3. The van der Waals surface area contributed by atoms with Crippen LogP contribution in [-0.2, 0) is 4.79 Å². The number of piperidine rings is 1. The smallest absolute Gasteiger partial charge is 0.233 e. The van der Waals surface area contributed by atoms with Gasteiger partial charge >= 0.3 is 0 Å². The molecule has 1 aliphatic heterocycles. The summed E-state index contributed by atoms with van der Waals surface area (Å²) in [6.45, 7) is 3.99. The lowest BCUT2D eigenvalue weighted by molar-refractivity contribution is -0.129. The van der Waals surface area contributed by atoms with Crippen LogP contribution in [0.2, 0.25) is 0 Å². The van der Waals surface area contributed by atoms with Gasteiger partial charge in [-0.1, -0.05) is 52.8 Å². The van der Waals surface area contributed by atoms with E-state index >= 15 is 0 Å². The molecule has 1 aliphatic rings. The standard InChI is InChI=1S/C16H19BrN4OS/c1-11-6-8-21(9-7-11)14(22)10-23-16-18-15(19-20-16)12-4-2-3-5-13(12)17/h2-5,11H,6-10H2,1H3,(H,18,19,20). The van der Waals surface area contributed by atoms with E-state index in [2.05, 4.69) is 38.0 Å². The average Bonchev–Trinajstić information content (AvgIpc) is 3.02. The van der Waals surface area contributed by atoms with Gasteiger partial charge in [0.2, 0.25) is 11.1 Å². The molecule has 1 N–H and O–H groups in total. The monoisotopic (exact) mass is 394 g/mol. The predicted molar refractivity (Wildman–Crippen MR) is 95.2 cm³/mol. The van der Waals surface area contributed by atoms with Crippen molar-refractivity contribution in [2.75, 3.05) is 18.8 Å². The molecular weight excluding hydrogens is 376 g/mol. The van der Waals surface area contributed by atoms with Gasteiger partial charge in [0.1, 0.15) is 0 Å². The maximum atomic E-state index is 12.2. The maximum absolute atomic E-state index is 12.2. The minimum absolute atomic E-state index is 0.175. The molecule has 0 saturated carbocycles. The zero-order valence-corrected chi connectivity index (χ0v) is 15.4. The first-order valence-electron chi connectivity index (χ1n) is 7.71. The molecule has 1 aromatic carbocycles. The lowest BCUT2D eigenvalue weighted by Gasteiger charge is -2.30. The molecule has 2 aromatic rings. The Bertz CT molecular complexity index is 682. The Balaban J connectivity index is 1.57. The summed E-state index contributed by atoms with van der Waals surface area (Å²) in [5, 5.41) is 7.74. The molecule has 122 valence electrons. The topological polar surface area (TPSA) is 61.9 Å². The van der Waals surface area contributed by atoms with Gasteiger partial charge in [0.05, 0.1) is 5.75 Å². The van der Waals surface area contributed by atoms with Crippen LogP contribution in [0.1, 0.15) is 19.8 Å². The molecule has 7 heteroatoms. The Morgan fingerprint density at radius 3 is 2.87 bits per heavy atom. The number of thioether (sulfide) groups is 1. The number of aromatic amines is 1. The number of benzene rings is 1. The third-order valence-corrected chi connectivity index (χ3v) is 5.58. The fourth-order valence-electron chi connectivity index (χ4n) is 2.56. The van der Waals surface area contributed by atoms with Gasteiger partial charge in [-0.05, 0) is 24.8 Å². The van der Waals surface area contributed by atoms with Crippen molar-refractivity contribution in [2.24, 2.45) is 5.92 Å². The SMILES string of the molecule is CC1CCN(C(=O)CSc2n[nH]c(-c3ccccc3Br)n2)CC1. The van der Waals surface area contributed by atoms with Crippen molar-refractivity contribution in [1.29, 1.82) is 0 Å². The van der Waals surface area contributed by atoms with Crippen molar-refractivity contribution in [2.45, 2.75) is 24.9 Å². The molecule has 0 spiro atoms. The second-order valence-corrected chi connectivity index (χ2v) is 7.60. The summed E-state index contributed by atoms with van der Waals surface area (Å²) in [4.78, 5) is 18.7. The van der Waals surface area contributed by atoms with Crippen molar-refractivity contribution in [3.8, 4) is 11.4 Å². The van der Waals surface area contributed by atoms with Gasteiger partial charge in [-0.25, -0.2) is 4.98 Å². The number of H-pyrrole nitrogens is 1. The van der Waals surface area contributed by atoms with Gasteiger partial charge in [-0.2, -0.15) is 0 Å². The highest BCUT2D eigenvalue weighted by molar-refractivity contribution is 9.10. The third-order valence-electron chi connectivity index (χ3n) is 4.05. The van der Waals surface area contributed by atoms with Crippen LogP contribution in [0.4, 0.5) is 0 Å². The first-order chi connectivity index (χ1) is 11.1. The van der Waals surface area contributed by atoms with E-state index in [-0.39, 0.29) is 5.91 Å². The third kappa shape index (κ3) is 4.14. The molecule has 0 radical (unpaired) electrons. The number of hydrogen-bond acceptors (Lipinski definition) is 4. The van der Waals surface area contributed by atoms with E-state index in [1.165, 1.54) is 11.8 Å². The minimum Gasteiger partial charge on any atom is -0.342 e. The number of aromatic nitrogens is 3. The van der Waals surface area contributed by atoms with Crippen molar-refractivity contribution >= 4 is 33.6 Å². The van der Waals surface area contributed by atoms with Gasteiger partial charge in [0.15, 0.2) is 5.82 Å². The normalized spacial score (nSPS) is 15.8. The molecule has 3 rings (SSSR count). The number of carbonyl (C=O) groups is 1. The zero-order valence-electron chi connectivity index (χ0n) is 13.0. The van der Waals surface area contributed by atoms with Crippen LogP contribution in [0.5, 0.6) is 0 Å². The van der Waals surface area contributed by atoms with Crippen LogP contribution in [0.3, 0.4) is 0 Å². The molecule has 2 heterocycles. The summed E-state index contributed by atoms with van der Waals surface area (Å²) in [6.07, 6.45) is 2.20. The van der Waals surface area contributed by atoms with Crippen LogP contribution >= 0.6 is 27.7 Å². The number of nitrogens with one attached hydrogen (secondary N) is 1. The number of carbonyl (C=O) groups excluding carboxylic acids is 1. The Morgan fingerprint density at radius 2 is 2.13 bits per heavy atom. The van der Waals surface area contributed by atoms with Gasteiger partial charge in [0, 0.05) is 23.1 Å². The van der Waals surface area contributed by atoms with E-state index in [1.54, 1.807) is 0 Å². The van der Waals surface area contributed by atoms with E-state index in [4.69, 9.17) is 0 Å². The van der Waals surface area contributed by atoms with Crippen LogP contribution in [0, 0.1) is 5.92 Å². The van der Waals surface area contributed by atoms with E-state index in [1.807, 2.05) is 29.2 Å². The second kappa shape index (κ2) is 7.49. The first kappa shape index (κ1) is 16.5. The first-order valence-corrected chi connectivity index (χ1v) is 9.49. The number of likely N-dealkylation sites (tertiary alicyclic amines) is 1. The Morgan fingerprint density at radius 1 is 1.39 bits per heavy atom. The van der Waals surface area contributed by atoms with Gasteiger partial charge in [0.25, 0.3) is 0 Å². The Hall–Kier alpha value is -1.34. The lowest BCUT2D eigenvalue weighted by atomic mass is 9.99. The number of halogens is 1. The molecule has 1 aromatic heterocycles. The molecular formula is C16H19BrN4OS. The van der Waals surface area contributed by atoms with Crippen molar-refractivity contribution in [3.63, 3.8) is 0 Å². The molecule has 0 bridgehead atoms. The molecule has 23 heavy (non-hydrogen) atoms. The largest absolute Gasteiger partial charge is 0.342 e. The van der Waals surface area contributed by atoms with Gasteiger partial charge < -0.3 is 4.90 Å². The summed E-state index contributed by atoms with van der Waals surface area (Å²) < 4.78 is 0.964. The van der Waals surface area contributed by atoms with E-state index in [9.17, 15) is 4.79 Å². The van der Waals surface area contributed by atoms with E-state index in [0.717, 1.165) is 41.9 Å². The molecule has 1 saturated heterocycles. The van der Waals surface area contributed by atoms with Crippen molar-refractivity contribution < 1.29 is 4.79 Å². The molecule has 1 amide bonds. The van der Waals surface area contributed by atoms with E-state index in [0.29, 0.717) is 16.7 Å². The van der Waals surface area contributed by atoms with Gasteiger partial charge in [-0.15, -0.1) is 5.10 Å². The zero-order chi connectivity index (χ0) is 16.2. The molecule has 5 nitrogen and oxygen atoms in total. The van der Waals surface area contributed by atoms with Crippen molar-refractivity contribution in [3.05, 3.63) is 28.7 Å². The fourth-order valence-corrected chi connectivity index (χ4v) is 3.73. The highest BCUT2D eigenvalue weighted by Gasteiger charge is 2.20. The maximum Gasteiger partial charge on any atom is 0.233 e. The van der Waals surface area contributed by atoms with E-state index < -0.39 is 0 Å². The molecule has 0 unspecified atom stereocenters. The average molecular weight is 395 g/mol. The second-order valence-electron chi connectivity index (χ2n) is 5.80.